The van der Waals surface area contributed by atoms with Crippen molar-refractivity contribution in [3.8, 4) is 0 Å². The summed E-state index contributed by atoms with van der Waals surface area (Å²) in [6, 6.07) is 11.7. The van der Waals surface area contributed by atoms with Crippen molar-refractivity contribution in [2.45, 2.75) is 13.1 Å². The van der Waals surface area contributed by atoms with Crippen LogP contribution in [0.3, 0.4) is 0 Å². The minimum absolute atomic E-state index is 0.0283. The summed E-state index contributed by atoms with van der Waals surface area (Å²) in [7, 11) is 0. The molecule has 0 atom stereocenters. The van der Waals surface area contributed by atoms with E-state index in [-0.39, 0.29) is 18.0 Å². The predicted molar refractivity (Wildman–Crippen MR) is 86.8 cm³/mol. The van der Waals surface area contributed by atoms with Crippen LogP contribution in [-0.2, 0) is 17.9 Å². The van der Waals surface area contributed by atoms with Crippen LogP contribution >= 0.6 is 0 Å². The number of hydrogen-bond acceptors (Lipinski definition) is 4. The zero-order chi connectivity index (χ0) is 16.1. The third-order valence-electron chi connectivity index (χ3n) is 4.07. The molecule has 0 unspecified atom stereocenters. The van der Waals surface area contributed by atoms with Crippen molar-refractivity contribution in [3.05, 3.63) is 64.8 Å². The van der Waals surface area contributed by atoms with Crippen molar-refractivity contribution in [2.24, 2.45) is 0 Å². The minimum Gasteiger partial charge on any atom is -0.339 e. The second-order valence-corrected chi connectivity index (χ2v) is 5.69. The summed E-state index contributed by atoms with van der Waals surface area (Å²) in [5, 5.41) is 0. The number of nitrogens with zero attached hydrogens (tertiary/aromatic N) is 4. The molecule has 0 spiro atoms. The molecule has 0 N–H and O–H groups in total. The molecule has 1 amide bonds. The SMILES string of the molecule is O=C(Cn1cnccc1=O)N1CCN(Cc2ccccc2)CC1. The molecule has 6 nitrogen and oxygen atoms in total. The van der Waals surface area contributed by atoms with Crippen LogP contribution in [-0.4, -0.2) is 51.4 Å². The summed E-state index contributed by atoms with van der Waals surface area (Å²) < 4.78 is 1.35. The van der Waals surface area contributed by atoms with Gasteiger partial charge in [0.1, 0.15) is 6.54 Å². The van der Waals surface area contributed by atoms with E-state index < -0.39 is 0 Å². The van der Waals surface area contributed by atoms with Gasteiger partial charge in [0.05, 0.1) is 6.33 Å². The first kappa shape index (κ1) is 15.4. The van der Waals surface area contributed by atoms with Gasteiger partial charge in [0.25, 0.3) is 5.56 Å². The lowest BCUT2D eigenvalue weighted by atomic mass is 10.2. The van der Waals surface area contributed by atoms with Gasteiger partial charge < -0.3 is 4.90 Å². The Kier molecular flexibility index (Phi) is 4.83. The van der Waals surface area contributed by atoms with Gasteiger partial charge in [-0.05, 0) is 5.56 Å². The van der Waals surface area contributed by atoms with Crippen molar-refractivity contribution in [1.82, 2.24) is 19.4 Å². The first-order valence-electron chi connectivity index (χ1n) is 7.77. The Morgan fingerprint density at radius 1 is 1.04 bits per heavy atom. The van der Waals surface area contributed by atoms with Crippen molar-refractivity contribution in [3.63, 3.8) is 0 Å². The summed E-state index contributed by atoms with van der Waals surface area (Å²) in [6.07, 6.45) is 2.84. The highest BCUT2D eigenvalue weighted by molar-refractivity contribution is 5.76. The second-order valence-electron chi connectivity index (χ2n) is 5.69. The van der Waals surface area contributed by atoms with Crippen LogP contribution in [0.2, 0.25) is 0 Å². The number of piperazine rings is 1. The molecule has 0 bridgehead atoms. The highest BCUT2D eigenvalue weighted by atomic mass is 16.2. The average Bonchev–Trinajstić information content (AvgIpc) is 2.58. The van der Waals surface area contributed by atoms with E-state index in [9.17, 15) is 9.59 Å². The Morgan fingerprint density at radius 2 is 1.78 bits per heavy atom. The van der Waals surface area contributed by atoms with Crippen molar-refractivity contribution in [2.75, 3.05) is 26.2 Å². The van der Waals surface area contributed by atoms with Crippen LogP contribution in [0.25, 0.3) is 0 Å². The fourth-order valence-corrected chi connectivity index (χ4v) is 2.74. The molecule has 23 heavy (non-hydrogen) atoms. The van der Waals surface area contributed by atoms with E-state index in [1.807, 2.05) is 23.1 Å². The van der Waals surface area contributed by atoms with Crippen LogP contribution in [0.4, 0.5) is 0 Å². The maximum atomic E-state index is 12.3. The fraction of sp³-hybridized carbons (Fsp3) is 0.353. The zero-order valence-corrected chi connectivity index (χ0v) is 13.0. The Labute approximate surface area is 135 Å². The number of carbonyl (C=O) groups excluding carboxylic acids is 1. The second kappa shape index (κ2) is 7.19. The Balaban J connectivity index is 1.51. The van der Waals surface area contributed by atoms with Crippen LogP contribution in [0.1, 0.15) is 5.56 Å². The molecule has 1 aliphatic heterocycles. The van der Waals surface area contributed by atoms with E-state index in [0.29, 0.717) is 13.1 Å². The molecule has 120 valence electrons. The third kappa shape index (κ3) is 4.04. The summed E-state index contributed by atoms with van der Waals surface area (Å²) >= 11 is 0. The number of carbonyl (C=O) groups is 1. The molecule has 3 rings (SSSR count). The maximum absolute atomic E-state index is 12.3. The van der Waals surface area contributed by atoms with Crippen LogP contribution < -0.4 is 5.56 Å². The van der Waals surface area contributed by atoms with Crippen LogP contribution in [0, 0.1) is 0 Å². The highest BCUT2D eigenvalue weighted by Gasteiger charge is 2.21. The van der Waals surface area contributed by atoms with E-state index in [1.54, 1.807) is 0 Å². The van der Waals surface area contributed by atoms with Gasteiger partial charge in [0.15, 0.2) is 0 Å². The molecule has 2 aromatic rings. The lowest BCUT2D eigenvalue weighted by Gasteiger charge is -2.34. The fourth-order valence-electron chi connectivity index (χ4n) is 2.74. The van der Waals surface area contributed by atoms with Gasteiger partial charge in [-0.15, -0.1) is 0 Å². The summed E-state index contributed by atoms with van der Waals surface area (Å²) in [5.41, 5.74) is 1.09. The first-order chi connectivity index (χ1) is 11.2. The molecule has 1 aromatic carbocycles. The molecule has 1 aliphatic rings. The summed E-state index contributed by atoms with van der Waals surface area (Å²) in [5.74, 6) is -0.0283. The molecule has 1 aromatic heterocycles. The molecule has 0 aliphatic carbocycles. The molecule has 1 saturated heterocycles. The third-order valence-corrected chi connectivity index (χ3v) is 4.07. The van der Waals surface area contributed by atoms with Gasteiger partial charge in [-0.3, -0.25) is 19.1 Å². The van der Waals surface area contributed by atoms with E-state index in [2.05, 4.69) is 22.0 Å². The minimum atomic E-state index is -0.198. The number of aromatic nitrogens is 2. The molecule has 0 radical (unpaired) electrons. The van der Waals surface area contributed by atoms with Crippen molar-refractivity contribution >= 4 is 5.91 Å². The summed E-state index contributed by atoms with van der Waals surface area (Å²) in [4.78, 5) is 32.0. The zero-order valence-electron chi connectivity index (χ0n) is 13.0. The monoisotopic (exact) mass is 312 g/mol. The summed E-state index contributed by atoms with van der Waals surface area (Å²) in [6.45, 7) is 4.06. The topological polar surface area (TPSA) is 58.4 Å². The number of hydrogen-bond donors (Lipinski definition) is 0. The largest absolute Gasteiger partial charge is 0.339 e. The standard InChI is InChI=1S/C17H20N4O2/c22-16-6-7-18-14-21(16)13-17(23)20-10-8-19(9-11-20)12-15-4-2-1-3-5-15/h1-7,14H,8-13H2. The smallest absolute Gasteiger partial charge is 0.253 e. The average molecular weight is 312 g/mol. The van der Waals surface area contributed by atoms with E-state index in [4.69, 9.17) is 0 Å². The van der Waals surface area contributed by atoms with Gasteiger partial charge in [-0.2, -0.15) is 0 Å². The highest BCUT2D eigenvalue weighted by Crippen LogP contribution is 2.08. The van der Waals surface area contributed by atoms with Gasteiger partial charge in [-0.1, -0.05) is 30.3 Å². The first-order valence-corrected chi connectivity index (χ1v) is 7.77. The van der Waals surface area contributed by atoms with Gasteiger partial charge in [0, 0.05) is 45.0 Å². The molecular formula is C17H20N4O2. The van der Waals surface area contributed by atoms with Crippen LogP contribution in [0.5, 0.6) is 0 Å². The molecule has 2 heterocycles. The Bertz CT molecular complexity index is 706. The molecular weight excluding hydrogens is 292 g/mol. The van der Waals surface area contributed by atoms with Crippen molar-refractivity contribution < 1.29 is 4.79 Å². The van der Waals surface area contributed by atoms with Crippen molar-refractivity contribution in [1.29, 1.82) is 0 Å². The van der Waals surface area contributed by atoms with Gasteiger partial charge >= 0.3 is 0 Å². The maximum Gasteiger partial charge on any atom is 0.253 e. The lowest BCUT2D eigenvalue weighted by Crippen LogP contribution is -2.49. The van der Waals surface area contributed by atoms with Gasteiger partial charge in [-0.25, -0.2) is 4.98 Å². The Hall–Kier alpha value is -2.47. The predicted octanol–water partition coefficient (Wildman–Crippen LogP) is 0.588. The number of benzene rings is 1. The van der Waals surface area contributed by atoms with E-state index in [0.717, 1.165) is 19.6 Å². The Morgan fingerprint density at radius 3 is 2.48 bits per heavy atom. The molecule has 1 fully saturated rings. The van der Waals surface area contributed by atoms with Crippen LogP contribution in [0.15, 0.2) is 53.7 Å². The normalized spacial score (nSPS) is 15.6. The van der Waals surface area contributed by atoms with E-state index in [1.165, 1.54) is 28.7 Å². The molecule has 6 heteroatoms. The quantitative estimate of drug-likeness (QED) is 0.829. The molecule has 0 saturated carbocycles. The van der Waals surface area contributed by atoms with E-state index >= 15 is 0 Å². The van der Waals surface area contributed by atoms with Gasteiger partial charge in [0.2, 0.25) is 5.91 Å². The number of rotatable bonds is 4. The lowest BCUT2D eigenvalue weighted by molar-refractivity contribution is -0.133. The number of amides is 1.